The summed E-state index contributed by atoms with van der Waals surface area (Å²) in [6.07, 6.45) is 1.26. The molecule has 0 bridgehead atoms. The zero-order chi connectivity index (χ0) is 21.0. The lowest BCUT2D eigenvalue weighted by Gasteiger charge is -2.35. The molecular formula is C19H18FN5O4. The Kier molecular flexibility index (Phi) is 5.44. The minimum absolute atomic E-state index is 0.114. The Morgan fingerprint density at radius 3 is 2.55 bits per heavy atom. The van der Waals surface area contributed by atoms with Crippen molar-refractivity contribution >= 4 is 17.6 Å². The highest BCUT2D eigenvalue weighted by molar-refractivity contribution is 6.45. The van der Waals surface area contributed by atoms with Crippen LogP contribution >= 0.6 is 0 Å². The number of halogens is 1. The summed E-state index contributed by atoms with van der Waals surface area (Å²) in [4.78, 5) is 41.0. The number of amides is 2. The van der Waals surface area contributed by atoms with Crippen LogP contribution in [0.4, 0.5) is 4.39 Å². The number of nitrogens with one attached hydrogen (secondary N) is 3. The number of aromatic nitrogens is 1. The number of Topliss-reactive ketones (excluding diaryl/α,β-unsaturated/α-hetero) is 1. The van der Waals surface area contributed by atoms with E-state index < -0.39 is 34.8 Å². The first-order valence-corrected chi connectivity index (χ1v) is 8.57. The maximum atomic E-state index is 13.2. The standard InChI is InChI=1S/C19H18FN5O4/c20-12-6-4-11(5-7-12)9-19(18(21)29)14(26)16(27)24-15(25-19)17(28)23-10-13-3-1-2-8-22-13/h1-8,23,25,28H,9-10H2,(H2,21,29)(H,24,27). The van der Waals surface area contributed by atoms with Crippen LogP contribution in [0.5, 0.6) is 0 Å². The molecule has 10 heteroatoms. The van der Waals surface area contributed by atoms with Gasteiger partial charge in [0.05, 0.1) is 12.2 Å². The zero-order valence-corrected chi connectivity index (χ0v) is 15.1. The van der Waals surface area contributed by atoms with Gasteiger partial charge in [-0.15, -0.1) is 0 Å². The molecular weight excluding hydrogens is 381 g/mol. The Balaban J connectivity index is 1.89. The topological polar surface area (TPSA) is 146 Å². The first kappa shape index (κ1) is 19.8. The molecule has 1 aliphatic rings. The van der Waals surface area contributed by atoms with Gasteiger partial charge in [-0.05, 0) is 29.8 Å². The van der Waals surface area contributed by atoms with Crippen LogP contribution in [0.1, 0.15) is 11.3 Å². The van der Waals surface area contributed by atoms with Gasteiger partial charge in [-0.1, -0.05) is 18.2 Å². The summed E-state index contributed by atoms with van der Waals surface area (Å²) in [5, 5.41) is 17.7. The van der Waals surface area contributed by atoms with E-state index in [9.17, 15) is 23.9 Å². The van der Waals surface area contributed by atoms with Gasteiger partial charge < -0.3 is 26.8 Å². The molecule has 9 nitrogen and oxygen atoms in total. The lowest BCUT2D eigenvalue weighted by Crippen LogP contribution is -2.70. The molecule has 0 aliphatic carbocycles. The quantitative estimate of drug-likeness (QED) is 0.256. The highest BCUT2D eigenvalue weighted by Crippen LogP contribution is 2.21. The maximum Gasteiger partial charge on any atom is 0.296 e. The third-order valence-corrected chi connectivity index (χ3v) is 4.37. The van der Waals surface area contributed by atoms with E-state index in [2.05, 4.69) is 20.9 Å². The van der Waals surface area contributed by atoms with Gasteiger partial charge in [0, 0.05) is 12.6 Å². The average Bonchev–Trinajstić information content (AvgIpc) is 2.71. The highest BCUT2D eigenvalue weighted by atomic mass is 19.1. The maximum absolute atomic E-state index is 13.2. The van der Waals surface area contributed by atoms with Crippen molar-refractivity contribution in [2.24, 2.45) is 5.73 Å². The number of pyridine rings is 1. The number of hydrogen-bond acceptors (Lipinski definition) is 7. The van der Waals surface area contributed by atoms with E-state index in [1.807, 2.05) is 0 Å². The van der Waals surface area contributed by atoms with Crippen molar-refractivity contribution in [1.82, 2.24) is 20.9 Å². The van der Waals surface area contributed by atoms with Crippen molar-refractivity contribution in [2.45, 2.75) is 18.5 Å². The molecule has 1 aromatic heterocycles. The number of aliphatic hydroxyl groups excluding tert-OH is 1. The minimum atomic E-state index is -2.14. The fourth-order valence-corrected chi connectivity index (χ4v) is 2.84. The Labute approximate surface area is 164 Å². The largest absolute Gasteiger partial charge is 0.492 e. The second kappa shape index (κ2) is 7.97. The molecule has 29 heavy (non-hydrogen) atoms. The molecule has 3 rings (SSSR count). The molecule has 0 spiro atoms. The molecule has 2 aromatic rings. The fourth-order valence-electron chi connectivity index (χ4n) is 2.84. The van der Waals surface area contributed by atoms with Gasteiger partial charge in [-0.3, -0.25) is 19.4 Å². The van der Waals surface area contributed by atoms with E-state index in [1.54, 1.807) is 24.4 Å². The van der Waals surface area contributed by atoms with Crippen LogP contribution in [0.2, 0.25) is 0 Å². The van der Waals surface area contributed by atoms with Crippen molar-refractivity contribution < 1.29 is 23.9 Å². The number of benzene rings is 1. The first-order chi connectivity index (χ1) is 13.8. The van der Waals surface area contributed by atoms with Crippen LogP contribution in [0.3, 0.4) is 0 Å². The smallest absolute Gasteiger partial charge is 0.296 e. The monoisotopic (exact) mass is 399 g/mol. The predicted molar refractivity (Wildman–Crippen MR) is 99.0 cm³/mol. The summed E-state index contributed by atoms with van der Waals surface area (Å²) in [6.45, 7) is 0.114. The van der Waals surface area contributed by atoms with E-state index in [1.165, 1.54) is 12.1 Å². The van der Waals surface area contributed by atoms with Crippen LogP contribution in [0.25, 0.3) is 0 Å². The average molecular weight is 399 g/mol. The summed E-state index contributed by atoms with van der Waals surface area (Å²) >= 11 is 0. The van der Waals surface area contributed by atoms with Crippen molar-refractivity contribution in [3.8, 4) is 0 Å². The number of carbonyl (C=O) groups excluding carboxylic acids is 3. The van der Waals surface area contributed by atoms with Gasteiger partial charge in [0.1, 0.15) is 5.82 Å². The highest BCUT2D eigenvalue weighted by Gasteiger charge is 2.52. The normalized spacial score (nSPS) is 20.4. The number of primary amides is 1. The zero-order valence-electron chi connectivity index (χ0n) is 15.1. The van der Waals surface area contributed by atoms with E-state index in [0.29, 0.717) is 11.3 Å². The summed E-state index contributed by atoms with van der Waals surface area (Å²) < 4.78 is 13.2. The van der Waals surface area contributed by atoms with E-state index in [0.717, 1.165) is 12.1 Å². The number of ketones is 1. The van der Waals surface area contributed by atoms with E-state index in [4.69, 9.17) is 5.73 Å². The number of hydrogen-bond donors (Lipinski definition) is 5. The van der Waals surface area contributed by atoms with Crippen LogP contribution in [-0.2, 0) is 27.3 Å². The predicted octanol–water partition coefficient (Wildman–Crippen LogP) is -0.250. The Morgan fingerprint density at radius 2 is 1.93 bits per heavy atom. The molecule has 2 amide bonds. The third kappa shape index (κ3) is 4.15. The second-order valence-corrected chi connectivity index (χ2v) is 6.38. The second-order valence-electron chi connectivity index (χ2n) is 6.38. The molecule has 1 saturated heterocycles. The lowest BCUT2D eigenvalue weighted by molar-refractivity contribution is -0.147. The number of nitrogens with zero attached hydrogens (tertiary/aromatic N) is 1. The molecule has 1 atom stereocenters. The number of nitrogens with two attached hydrogens (primary N) is 1. The lowest BCUT2D eigenvalue weighted by atomic mass is 9.84. The Bertz CT molecular complexity index is 978. The number of aliphatic hydroxyl groups is 1. The van der Waals surface area contributed by atoms with Gasteiger partial charge in [0.15, 0.2) is 11.4 Å². The van der Waals surface area contributed by atoms with Crippen LogP contribution < -0.4 is 21.7 Å². The van der Waals surface area contributed by atoms with Gasteiger partial charge in [-0.2, -0.15) is 0 Å². The Hall–Kier alpha value is -3.95. The van der Waals surface area contributed by atoms with Crippen molar-refractivity contribution in [1.29, 1.82) is 0 Å². The molecule has 1 unspecified atom stereocenters. The van der Waals surface area contributed by atoms with E-state index in [-0.39, 0.29) is 18.8 Å². The number of carbonyl (C=O) groups is 3. The number of rotatable bonds is 6. The summed E-state index contributed by atoms with van der Waals surface area (Å²) in [5.74, 6) is -4.65. The molecule has 6 N–H and O–H groups in total. The third-order valence-electron chi connectivity index (χ3n) is 4.37. The van der Waals surface area contributed by atoms with Gasteiger partial charge >= 0.3 is 0 Å². The van der Waals surface area contributed by atoms with Gasteiger partial charge in [0.25, 0.3) is 17.6 Å². The van der Waals surface area contributed by atoms with Crippen molar-refractivity contribution in [2.75, 3.05) is 0 Å². The van der Waals surface area contributed by atoms with Crippen LogP contribution in [-0.4, -0.2) is 33.2 Å². The molecule has 150 valence electrons. The molecule has 0 saturated carbocycles. The van der Waals surface area contributed by atoms with Crippen LogP contribution in [0.15, 0.2) is 60.4 Å². The SMILES string of the molecule is NC(=O)C1(Cc2ccc(F)cc2)NC(=C(O)NCc2ccccn2)NC(=O)C1=O. The first-order valence-electron chi connectivity index (χ1n) is 8.57. The van der Waals surface area contributed by atoms with E-state index >= 15 is 0 Å². The molecule has 2 heterocycles. The van der Waals surface area contributed by atoms with Crippen LogP contribution in [0, 0.1) is 5.82 Å². The molecule has 1 aliphatic heterocycles. The summed E-state index contributed by atoms with van der Waals surface area (Å²) in [6, 6.07) is 10.2. The summed E-state index contributed by atoms with van der Waals surface area (Å²) in [7, 11) is 0. The van der Waals surface area contributed by atoms with Gasteiger partial charge in [0.2, 0.25) is 5.88 Å². The van der Waals surface area contributed by atoms with Gasteiger partial charge in [-0.25, -0.2) is 4.39 Å². The molecule has 1 fully saturated rings. The molecule has 1 aromatic carbocycles. The Morgan fingerprint density at radius 1 is 1.21 bits per heavy atom. The summed E-state index contributed by atoms with van der Waals surface area (Å²) in [5.41, 5.74) is 4.30. The molecule has 0 radical (unpaired) electrons. The van der Waals surface area contributed by atoms with Crippen molar-refractivity contribution in [3.63, 3.8) is 0 Å². The minimum Gasteiger partial charge on any atom is -0.492 e. The fraction of sp³-hybridized carbons (Fsp3) is 0.158. The van der Waals surface area contributed by atoms with Crippen molar-refractivity contribution in [3.05, 3.63) is 77.4 Å².